The minimum absolute atomic E-state index is 0.573. The Balaban J connectivity index is 2.53. The number of amidine groups is 1. The molecule has 0 aliphatic rings. The topological polar surface area (TPSA) is 38.4 Å². The maximum atomic E-state index is 5.62. The summed E-state index contributed by atoms with van der Waals surface area (Å²) in [5.74, 6) is 0.573. The first-order chi connectivity index (χ1) is 7.77. The maximum Gasteiger partial charge on any atom is 0.0965 e. The Morgan fingerprint density at radius 1 is 0.938 bits per heavy atom. The van der Waals surface area contributed by atoms with Crippen LogP contribution in [0.1, 0.15) is 6.92 Å². The Morgan fingerprint density at radius 3 is 2.25 bits per heavy atom. The molecule has 2 aromatic carbocycles. The Kier molecular flexibility index (Phi) is 3.01. The zero-order valence-electron chi connectivity index (χ0n) is 9.22. The fourth-order valence-electron chi connectivity index (χ4n) is 1.62. The largest absolute Gasteiger partial charge is 0.387 e. The number of hydrogen-bond acceptors (Lipinski definition) is 1. The van der Waals surface area contributed by atoms with E-state index in [9.17, 15) is 0 Å². The van der Waals surface area contributed by atoms with Gasteiger partial charge in [0, 0.05) is 5.56 Å². The lowest BCUT2D eigenvalue weighted by Gasteiger charge is -2.05. The van der Waals surface area contributed by atoms with Crippen molar-refractivity contribution in [2.24, 2.45) is 10.7 Å². The lowest BCUT2D eigenvalue weighted by Crippen LogP contribution is -2.03. The van der Waals surface area contributed by atoms with E-state index in [1.54, 1.807) is 6.92 Å². The van der Waals surface area contributed by atoms with Gasteiger partial charge < -0.3 is 5.73 Å². The van der Waals surface area contributed by atoms with E-state index in [4.69, 9.17) is 5.73 Å². The van der Waals surface area contributed by atoms with Crippen LogP contribution in [0.5, 0.6) is 0 Å². The summed E-state index contributed by atoms with van der Waals surface area (Å²) in [6.45, 7) is 1.79. The minimum Gasteiger partial charge on any atom is -0.387 e. The molecule has 0 bridgehead atoms. The number of para-hydroxylation sites is 1. The molecule has 0 saturated carbocycles. The molecule has 2 heteroatoms. The predicted molar refractivity (Wildman–Crippen MR) is 68.8 cm³/mol. The highest BCUT2D eigenvalue weighted by molar-refractivity contribution is 5.85. The zero-order chi connectivity index (χ0) is 11.4. The van der Waals surface area contributed by atoms with Gasteiger partial charge in [0.2, 0.25) is 0 Å². The van der Waals surface area contributed by atoms with E-state index >= 15 is 0 Å². The molecular weight excluding hydrogens is 196 g/mol. The summed E-state index contributed by atoms with van der Waals surface area (Å²) in [6, 6.07) is 18.2. The molecule has 0 atom stereocenters. The maximum absolute atomic E-state index is 5.62. The molecule has 16 heavy (non-hydrogen) atoms. The highest BCUT2D eigenvalue weighted by Crippen LogP contribution is 2.29. The molecule has 80 valence electrons. The van der Waals surface area contributed by atoms with Crippen LogP contribution in [0.4, 0.5) is 5.69 Å². The summed E-state index contributed by atoms with van der Waals surface area (Å²) in [5, 5.41) is 0. The van der Waals surface area contributed by atoms with Crippen LogP contribution in [0.3, 0.4) is 0 Å². The summed E-state index contributed by atoms with van der Waals surface area (Å²) < 4.78 is 0. The quantitative estimate of drug-likeness (QED) is 0.599. The van der Waals surface area contributed by atoms with E-state index in [-0.39, 0.29) is 0 Å². The van der Waals surface area contributed by atoms with E-state index in [0.717, 1.165) is 16.8 Å². The Labute approximate surface area is 95.5 Å². The molecule has 0 spiro atoms. The molecule has 2 nitrogen and oxygen atoms in total. The number of nitrogens with two attached hydrogens (primary N) is 1. The van der Waals surface area contributed by atoms with Gasteiger partial charge in [-0.3, -0.25) is 0 Å². The van der Waals surface area contributed by atoms with E-state index in [2.05, 4.69) is 23.2 Å². The lowest BCUT2D eigenvalue weighted by atomic mass is 10.0. The molecule has 0 aliphatic heterocycles. The number of aliphatic imine (C=N–C) groups is 1. The molecule has 0 saturated heterocycles. The van der Waals surface area contributed by atoms with Crippen LogP contribution in [0.2, 0.25) is 0 Å². The average Bonchev–Trinajstić information content (AvgIpc) is 2.30. The van der Waals surface area contributed by atoms with E-state index in [1.807, 2.05) is 36.4 Å². The first kappa shape index (κ1) is 10.4. The van der Waals surface area contributed by atoms with Crippen LogP contribution in [0.25, 0.3) is 11.1 Å². The van der Waals surface area contributed by atoms with Crippen molar-refractivity contribution in [1.82, 2.24) is 0 Å². The molecule has 0 aromatic heterocycles. The summed E-state index contributed by atoms with van der Waals surface area (Å²) >= 11 is 0. The van der Waals surface area contributed by atoms with E-state index < -0.39 is 0 Å². The molecule has 0 unspecified atom stereocenters. The normalized spacial score (nSPS) is 11.4. The molecule has 2 aromatic rings. The van der Waals surface area contributed by atoms with Gasteiger partial charge in [-0.05, 0) is 18.6 Å². The fraction of sp³-hybridized carbons (Fsp3) is 0.0714. The third-order valence-electron chi connectivity index (χ3n) is 2.29. The van der Waals surface area contributed by atoms with E-state index in [1.165, 1.54) is 0 Å². The first-order valence-corrected chi connectivity index (χ1v) is 5.22. The van der Waals surface area contributed by atoms with E-state index in [0.29, 0.717) is 5.84 Å². The van der Waals surface area contributed by atoms with Crippen molar-refractivity contribution in [3.8, 4) is 11.1 Å². The molecule has 0 amide bonds. The van der Waals surface area contributed by atoms with Gasteiger partial charge in [0.25, 0.3) is 0 Å². The average molecular weight is 210 g/mol. The van der Waals surface area contributed by atoms with Crippen LogP contribution in [0, 0.1) is 0 Å². The zero-order valence-corrected chi connectivity index (χ0v) is 9.22. The lowest BCUT2D eigenvalue weighted by molar-refractivity contribution is 1.44. The van der Waals surface area contributed by atoms with Crippen LogP contribution in [-0.4, -0.2) is 5.84 Å². The van der Waals surface area contributed by atoms with Gasteiger partial charge in [-0.25, -0.2) is 4.99 Å². The molecule has 0 aliphatic carbocycles. The standard InChI is InChI=1S/C14H14N2/c1-11(15)16-14-10-6-5-9-13(14)12-7-3-2-4-8-12/h2-10H,1H3,(H2,15,16). The second-order valence-electron chi connectivity index (χ2n) is 3.64. The highest BCUT2D eigenvalue weighted by Gasteiger charge is 2.02. The third kappa shape index (κ3) is 2.28. The first-order valence-electron chi connectivity index (χ1n) is 5.22. The second-order valence-corrected chi connectivity index (χ2v) is 3.64. The SMILES string of the molecule is CC(N)=Nc1ccccc1-c1ccccc1. The number of nitrogens with zero attached hydrogens (tertiary/aromatic N) is 1. The summed E-state index contributed by atoms with van der Waals surface area (Å²) in [7, 11) is 0. The number of hydrogen-bond donors (Lipinski definition) is 1. The predicted octanol–water partition coefficient (Wildman–Crippen LogP) is 3.36. The molecule has 2 rings (SSSR count). The van der Waals surface area contributed by atoms with Crippen LogP contribution in [-0.2, 0) is 0 Å². The Morgan fingerprint density at radius 2 is 1.56 bits per heavy atom. The molecular formula is C14H14N2. The van der Waals surface area contributed by atoms with Crippen LogP contribution in [0.15, 0.2) is 59.6 Å². The fourth-order valence-corrected chi connectivity index (χ4v) is 1.62. The third-order valence-corrected chi connectivity index (χ3v) is 2.29. The molecule has 0 heterocycles. The van der Waals surface area contributed by atoms with Crippen molar-refractivity contribution in [3.05, 3.63) is 54.6 Å². The molecule has 0 fully saturated rings. The van der Waals surface area contributed by atoms with Crippen molar-refractivity contribution in [2.75, 3.05) is 0 Å². The van der Waals surface area contributed by atoms with Crippen molar-refractivity contribution in [2.45, 2.75) is 6.92 Å². The smallest absolute Gasteiger partial charge is 0.0965 e. The monoisotopic (exact) mass is 210 g/mol. The Bertz CT molecular complexity index is 497. The highest BCUT2D eigenvalue weighted by atomic mass is 14.8. The van der Waals surface area contributed by atoms with Gasteiger partial charge in [-0.2, -0.15) is 0 Å². The van der Waals surface area contributed by atoms with Gasteiger partial charge in [0.15, 0.2) is 0 Å². The van der Waals surface area contributed by atoms with Crippen molar-refractivity contribution in [3.63, 3.8) is 0 Å². The van der Waals surface area contributed by atoms with Crippen LogP contribution >= 0.6 is 0 Å². The van der Waals surface area contributed by atoms with Crippen LogP contribution < -0.4 is 5.73 Å². The Hall–Kier alpha value is -2.09. The summed E-state index contributed by atoms with van der Waals surface area (Å²) in [6.07, 6.45) is 0. The van der Waals surface area contributed by atoms with Crippen molar-refractivity contribution in [1.29, 1.82) is 0 Å². The van der Waals surface area contributed by atoms with Gasteiger partial charge in [0.05, 0.1) is 11.5 Å². The number of rotatable bonds is 2. The second kappa shape index (κ2) is 4.62. The number of benzene rings is 2. The van der Waals surface area contributed by atoms with Gasteiger partial charge in [0.1, 0.15) is 0 Å². The van der Waals surface area contributed by atoms with Crippen molar-refractivity contribution >= 4 is 11.5 Å². The van der Waals surface area contributed by atoms with Crippen molar-refractivity contribution < 1.29 is 0 Å². The van der Waals surface area contributed by atoms with Gasteiger partial charge >= 0.3 is 0 Å². The summed E-state index contributed by atoms with van der Waals surface area (Å²) in [5.41, 5.74) is 8.79. The van der Waals surface area contributed by atoms with Gasteiger partial charge in [-0.15, -0.1) is 0 Å². The van der Waals surface area contributed by atoms with Gasteiger partial charge in [-0.1, -0.05) is 48.5 Å². The summed E-state index contributed by atoms with van der Waals surface area (Å²) in [4.78, 5) is 4.33. The molecule has 2 N–H and O–H groups in total. The molecule has 0 radical (unpaired) electrons. The minimum atomic E-state index is 0.573.